The van der Waals surface area contributed by atoms with E-state index < -0.39 is 21.4 Å². The van der Waals surface area contributed by atoms with E-state index in [9.17, 15) is 12.8 Å². The van der Waals surface area contributed by atoms with Gasteiger partial charge in [0.25, 0.3) is 0 Å². The van der Waals surface area contributed by atoms with Crippen LogP contribution in [-0.4, -0.2) is 42.9 Å². The fourth-order valence-corrected chi connectivity index (χ4v) is 5.39. The number of methoxy groups -OCH3 is 1. The predicted molar refractivity (Wildman–Crippen MR) is 92.2 cm³/mol. The standard InChI is InChI=1S/C18H18FN3O4S/c1-25-15-5-4-12(19)6-16(15)27(23,24)22-9-18(10-22)13-7-20-17(11-2-3-11)21-14(13)8-26-18/h4-7,11H,2-3,8-10H2,1H3. The molecular formula is C18H18FN3O4S. The smallest absolute Gasteiger partial charge is 0.247 e. The molecule has 3 heterocycles. The second kappa shape index (κ2) is 5.70. The fraction of sp³-hybridized carbons (Fsp3) is 0.444. The van der Waals surface area contributed by atoms with Gasteiger partial charge in [-0.15, -0.1) is 0 Å². The van der Waals surface area contributed by atoms with E-state index in [0.717, 1.165) is 36.0 Å². The molecule has 0 N–H and O–H groups in total. The number of nitrogens with zero attached hydrogens (tertiary/aromatic N) is 3. The molecule has 1 aromatic carbocycles. The lowest BCUT2D eigenvalue weighted by atomic mass is 9.90. The van der Waals surface area contributed by atoms with E-state index in [1.807, 2.05) is 0 Å². The lowest BCUT2D eigenvalue weighted by Gasteiger charge is -2.46. The Hall–Kier alpha value is -2.10. The van der Waals surface area contributed by atoms with Crippen LogP contribution in [0.4, 0.5) is 4.39 Å². The van der Waals surface area contributed by atoms with Gasteiger partial charge in [0.1, 0.15) is 27.9 Å². The van der Waals surface area contributed by atoms with Gasteiger partial charge in [-0.1, -0.05) is 0 Å². The zero-order chi connectivity index (χ0) is 18.8. The van der Waals surface area contributed by atoms with Crippen LogP contribution in [0.1, 0.15) is 35.8 Å². The van der Waals surface area contributed by atoms with Crippen molar-refractivity contribution in [2.75, 3.05) is 20.2 Å². The van der Waals surface area contributed by atoms with Crippen molar-refractivity contribution in [3.63, 3.8) is 0 Å². The van der Waals surface area contributed by atoms with Gasteiger partial charge in [-0.3, -0.25) is 0 Å². The van der Waals surface area contributed by atoms with Crippen LogP contribution in [0.5, 0.6) is 5.75 Å². The maximum absolute atomic E-state index is 13.6. The topological polar surface area (TPSA) is 81.6 Å². The summed E-state index contributed by atoms with van der Waals surface area (Å²) in [6.07, 6.45) is 4.01. The SMILES string of the molecule is COc1ccc(F)cc1S(=O)(=O)N1CC2(C1)OCc1nc(C3CC3)ncc12. The van der Waals surface area contributed by atoms with Gasteiger partial charge in [-0.05, 0) is 31.0 Å². The molecule has 142 valence electrons. The van der Waals surface area contributed by atoms with Crippen LogP contribution in [0.2, 0.25) is 0 Å². The molecule has 27 heavy (non-hydrogen) atoms. The first-order valence-electron chi connectivity index (χ1n) is 8.77. The third kappa shape index (κ3) is 2.56. The highest BCUT2D eigenvalue weighted by atomic mass is 32.2. The van der Waals surface area contributed by atoms with Crippen molar-refractivity contribution in [2.24, 2.45) is 0 Å². The quantitative estimate of drug-likeness (QED) is 0.792. The van der Waals surface area contributed by atoms with Crippen LogP contribution in [0.3, 0.4) is 0 Å². The first kappa shape index (κ1) is 17.0. The van der Waals surface area contributed by atoms with Gasteiger partial charge in [0.2, 0.25) is 10.0 Å². The van der Waals surface area contributed by atoms with Crippen LogP contribution >= 0.6 is 0 Å². The lowest BCUT2D eigenvalue weighted by Crippen LogP contribution is -2.61. The summed E-state index contributed by atoms with van der Waals surface area (Å²) >= 11 is 0. The zero-order valence-electron chi connectivity index (χ0n) is 14.7. The highest BCUT2D eigenvalue weighted by molar-refractivity contribution is 7.89. The number of hydrogen-bond donors (Lipinski definition) is 0. The monoisotopic (exact) mass is 391 g/mol. The molecule has 1 aliphatic carbocycles. The van der Waals surface area contributed by atoms with E-state index in [-0.39, 0.29) is 23.7 Å². The van der Waals surface area contributed by atoms with Crippen molar-refractivity contribution in [3.8, 4) is 5.75 Å². The molecule has 2 aliphatic heterocycles. The molecule has 3 aliphatic rings. The Kier molecular flexibility index (Phi) is 3.59. The first-order valence-corrected chi connectivity index (χ1v) is 10.2. The molecule has 5 rings (SSSR count). The summed E-state index contributed by atoms with van der Waals surface area (Å²) in [7, 11) is -2.54. The molecule has 9 heteroatoms. The summed E-state index contributed by atoms with van der Waals surface area (Å²) in [5.41, 5.74) is 0.974. The summed E-state index contributed by atoms with van der Waals surface area (Å²) in [5.74, 6) is 0.781. The number of aromatic nitrogens is 2. The van der Waals surface area contributed by atoms with Crippen LogP contribution in [-0.2, 0) is 27.0 Å². The third-order valence-corrected chi connectivity index (χ3v) is 7.22. The van der Waals surface area contributed by atoms with E-state index in [1.165, 1.54) is 23.5 Å². The minimum atomic E-state index is -3.90. The largest absolute Gasteiger partial charge is 0.495 e. The average Bonchev–Trinajstić information content (AvgIpc) is 3.40. The van der Waals surface area contributed by atoms with Gasteiger partial charge in [0, 0.05) is 30.8 Å². The molecule has 1 saturated carbocycles. The van der Waals surface area contributed by atoms with Crippen LogP contribution in [0, 0.1) is 5.82 Å². The number of ether oxygens (including phenoxy) is 2. The van der Waals surface area contributed by atoms with Gasteiger partial charge in [0.15, 0.2) is 0 Å². The van der Waals surface area contributed by atoms with Crippen molar-refractivity contribution in [1.82, 2.24) is 14.3 Å². The maximum Gasteiger partial charge on any atom is 0.247 e. The molecule has 7 nitrogen and oxygen atoms in total. The van der Waals surface area contributed by atoms with Crippen LogP contribution < -0.4 is 4.74 Å². The van der Waals surface area contributed by atoms with E-state index in [0.29, 0.717) is 12.5 Å². The fourth-order valence-electron chi connectivity index (χ4n) is 3.69. The summed E-state index contributed by atoms with van der Waals surface area (Å²) in [5, 5.41) is 0. The molecule has 1 saturated heterocycles. The number of fused-ring (bicyclic) bond motifs is 2. The van der Waals surface area contributed by atoms with Crippen LogP contribution in [0.25, 0.3) is 0 Å². The molecule has 2 fully saturated rings. The molecule has 0 amide bonds. The number of hydrogen-bond acceptors (Lipinski definition) is 6. The minimum Gasteiger partial charge on any atom is -0.495 e. The number of halogens is 1. The highest BCUT2D eigenvalue weighted by Gasteiger charge is 2.55. The second-order valence-corrected chi connectivity index (χ2v) is 9.12. The van der Waals surface area contributed by atoms with Crippen molar-refractivity contribution >= 4 is 10.0 Å². The van der Waals surface area contributed by atoms with E-state index in [1.54, 1.807) is 6.20 Å². The molecule has 1 spiro atoms. The summed E-state index contributed by atoms with van der Waals surface area (Å²) in [6.45, 7) is 0.650. The summed E-state index contributed by atoms with van der Waals surface area (Å²) in [6, 6.07) is 3.46. The zero-order valence-corrected chi connectivity index (χ0v) is 15.5. The van der Waals surface area contributed by atoms with Gasteiger partial charge < -0.3 is 9.47 Å². The van der Waals surface area contributed by atoms with Gasteiger partial charge in [-0.25, -0.2) is 22.8 Å². The molecule has 0 atom stereocenters. The Bertz CT molecular complexity index is 1030. The molecule has 0 radical (unpaired) electrons. The van der Waals surface area contributed by atoms with Crippen molar-refractivity contribution in [1.29, 1.82) is 0 Å². The third-order valence-electron chi connectivity index (χ3n) is 5.41. The molecular weight excluding hydrogens is 373 g/mol. The van der Waals surface area contributed by atoms with Crippen molar-refractivity contribution in [2.45, 2.75) is 35.9 Å². The summed E-state index contributed by atoms with van der Waals surface area (Å²) < 4.78 is 51.8. The van der Waals surface area contributed by atoms with Crippen LogP contribution in [0.15, 0.2) is 29.3 Å². The Morgan fingerprint density at radius 2 is 2.11 bits per heavy atom. The van der Waals surface area contributed by atoms with Crippen molar-refractivity contribution in [3.05, 3.63) is 47.3 Å². The average molecular weight is 391 g/mol. The maximum atomic E-state index is 13.6. The van der Waals surface area contributed by atoms with E-state index in [4.69, 9.17) is 9.47 Å². The number of sulfonamides is 1. The normalized spacial score (nSPS) is 21.1. The Morgan fingerprint density at radius 3 is 2.81 bits per heavy atom. The Labute approximate surface area is 156 Å². The Balaban J connectivity index is 1.42. The summed E-state index contributed by atoms with van der Waals surface area (Å²) in [4.78, 5) is 8.87. The molecule has 2 aromatic rings. The van der Waals surface area contributed by atoms with E-state index >= 15 is 0 Å². The molecule has 0 unspecified atom stereocenters. The van der Waals surface area contributed by atoms with Gasteiger partial charge in [0.05, 0.1) is 19.4 Å². The molecule has 0 bridgehead atoms. The second-order valence-electron chi connectivity index (χ2n) is 7.21. The van der Waals surface area contributed by atoms with Crippen molar-refractivity contribution < 1.29 is 22.3 Å². The number of benzene rings is 1. The van der Waals surface area contributed by atoms with E-state index in [2.05, 4.69) is 9.97 Å². The predicted octanol–water partition coefficient (Wildman–Crippen LogP) is 1.93. The Morgan fingerprint density at radius 1 is 1.33 bits per heavy atom. The number of rotatable bonds is 4. The minimum absolute atomic E-state index is 0.113. The highest BCUT2D eigenvalue weighted by Crippen LogP contribution is 2.46. The molecule has 1 aromatic heterocycles. The lowest BCUT2D eigenvalue weighted by molar-refractivity contribution is -0.112. The van der Waals surface area contributed by atoms with Gasteiger partial charge in [-0.2, -0.15) is 4.31 Å². The first-order chi connectivity index (χ1) is 12.9. The van der Waals surface area contributed by atoms with Gasteiger partial charge >= 0.3 is 0 Å².